The molecule has 2 rings (SSSR count). The smallest absolute Gasteiger partial charge is 0.0802 e. The number of aryl methyl sites for hydroxylation is 1. The Morgan fingerprint density at radius 1 is 1.20 bits per heavy atom. The number of aliphatic hydroxyl groups is 2. The lowest BCUT2D eigenvalue weighted by Gasteiger charge is -2.38. The van der Waals surface area contributed by atoms with Gasteiger partial charge in [0.25, 0.3) is 0 Å². The largest absolute Gasteiger partial charge is 0.396 e. The highest BCUT2D eigenvalue weighted by Crippen LogP contribution is 2.26. The molecule has 0 aliphatic heterocycles. The maximum atomic E-state index is 10.3. The quantitative estimate of drug-likeness (QED) is 0.768. The molecule has 0 saturated heterocycles. The molecule has 1 atom stereocenters. The second-order valence-electron chi connectivity index (χ2n) is 5.91. The van der Waals surface area contributed by atoms with E-state index in [4.69, 9.17) is 5.11 Å². The van der Waals surface area contributed by atoms with Gasteiger partial charge in [-0.05, 0) is 38.2 Å². The normalized spacial score (nSPS) is 17.2. The van der Waals surface area contributed by atoms with E-state index in [9.17, 15) is 5.11 Å². The summed E-state index contributed by atoms with van der Waals surface area (Å²) in [7, 11) is 0. The monoisotopic (exact) mass is 277 g/mol. The fourth-order valence-electron chi connectivity index (χ4n) is 2.75. The first kappa shape index (κ1) is 15.5. The SMILES string of the molecule is Cc1ccc(C(O)CCN(CCCO)C2CCC2)cc1. The summed E-state index contributed by atoms with van der Waals surface area (Å²) in [6, 6.07) is 8.80. The number of rotatable bonds is 8. The van der Waals surface area contributed by atoms with Gasteiger partial charge in [-0.2, -0.15) is 0 Å². The van der Waals surface area contributed by atoms with E-state index in [2.05, 4.69) is 11.8 Å². The molecule has 0 heterocycles. The van der Waals surface area contributed by atoms with Gasteiger partial charge in [0.05, 0.1) is 6.10 Å². The molecular formula is C17H27NO2. The maximum absolute atomic E-state index is 10.3. The maximum Gasteiger partial charge on any atom is 0.0802 e. The van der Waals surface area contributed by atoms with Gasteiger partial charge in [-0.25, -0.2) is 0 Å². The number of aliphatic hydroxyl groups excluding tert-OH is 2. The Hall–Kier alpha value is -0.900. The summed E-state index contributed by atoms with van der Waals surface area (Å²) in [6.07, 6.45) is 5.08. The van der Waals surface area contributed by atoms with E-state index < -0.39 is 0 Å². The molecule has 1 aliphatic rings. The molecule has 0 radical (unpaired) electrons. The van der Waals surface area contributed by atoms with Crippen LogP contribution in [-0.4, -0.2) is 40.9 Å². The lowest BCUT2D eigenvalue weighted by Crippen LogP contribution is -2.41. The molecule has 112 valence electrons. The lowest BCUT2D eigenvalue weighted by molar-refractivity contribution is 0.0864. The van der Waals surface area contributed by atoms with Crippen molar-refractivity contribution in [3.8, 4) is 0 Å². The highest BCUT2D eigenvalue weighted by atomic mass is 16.3. The van der Waals surface area contributed by atoms with Crippen molar-refractivity contribution in [1.29, 1.82) is 0 Å². The van der Waals surface area contributed by atoms with Gasteiger partial charge >= 0.3 is 0 Å². The molecule has 1 aliphatic carbocycles. The molecule has 1 aromatic rings. The van der Waals surface area contributed by atoms with Gasteiger partial charge in [-0.1, -0.05) is 36.2 Å². The van der Waals surface area contributed by atoms with Crippen LogP contribution in [-0.2, 0) is 0 Å². The number of benzene rings is 1. The number of hydrogen-bond donors (Lipinski definition) is 2. The highest BCUT2D eigenvalue weighted by molar-refractivity contribution is 5.23. The molecule has 1 saturated carbocycles. The number of nitrogens with zero attached hydrogens (tertiary/aromatic N) is 1. The first-order chi connectivity index (χ1) is 9.70. The molecule has 1 unspecified atom stereocenters. The Morgan fingerprint density at radius 2 is 1.90 bits per heavy atom. The van der Waals surface area contributed by atoms with Crippen molar-refractivity contribution >= 4 is 0 Å². The van der Waals surface area contributed by atoms with E-state index in [-0.39, 0.29) is 12.7 Å². The minimum Gasteiger partial charge on any atom is -0.396 e. The summed E-state index contributed by atoms with van der Waals surface area (Å²) in [5.74, 6) is 0. The number of hydrogen-bond acceptors (Lipinski definition) is 3. The first-order valence-electron chi connectivity index (χ1n) is 7.80. The molecule has 0 aromatic heterocycles. The molecule has 20 heavy (non-hydrogen) atoms. The van der Waals surface area contributed by atoms with Crippen LogP contribution < -0.4 is 0 Å². The second-order valence-corrected chi connectivity index (χ2v) is 5.91. The van der Waals surface area contributed by atoms with Gasteiger partial charge in [0.15, 0.2) is 0 Å². The van der Waals surface area contributed by atoms with Crippen molar-refractivity contribution in [2.24, 2.45) is 0 Å². The molecule has 0 spiro atoms. The van der Waals surface area contributed by atoms with Crippen LogP contribution in [0.25, 0.3) is 0 Å². The highest BCUT2D eigenvalue weighted by Gasteiger charge is 2.24. The minimum absolute atomic E-state index is 0.254. The van der Waals surface area contributed by atoms with Crippen molar-refractivity contribution in [3.05, 3.63) is 35.4 Å². The summed E-state index contributed by atoms with van der Waals surface area (Å²) in [4.78, 5) is 2.44. The molecule has 0 bridgehead atoms. The molecular weight excluding hydrogens is 250 g/mol. The molecule has 3 heteroatoms. The van der Waals surface area contributed by atoms with Crippen LogP contribution >= 0.6 is 0 Å². The predicted octanol–water partition coefficient (Wildman–Crippen LogP) is 2.66. The summed E-state index contributed by atoms with van der Waals surface area (Å²) in [5, 5.41) is 19.3. The van der Waals surface area contributed by atoms with Gasteiger partial charge in [0.2, 0.25) is 0 Å². The van der Waals surface area contributed by atoms with Crippen molar-refractivity contribution < 1.29 is 10.2 Å². The summed E-state index contributed by atoms with van der Waals surface area (Å²) < 4.78 is 0. The van der Waals surface area contributed by atoms with Crippen LogP contribution in [0.5, 0.6) is 0 Å². The van der Waals surface area contributed by atoms with Crippen LogP contribution in [0.2, 0.25) is 0 Å². The predicted molar refractivity (Wildman–Crippen MR) is 81.7 cm³/mol. The average molecular weight is 277 g/mol. The molecule has 2 N–H and O–H groups in total. The Kier molecular flexibility index (Phi) is 6.02. The zero-order valence-electron chi connectivity index (χ0n) is 12.5. The van der Waals surface area contributed by atoms with Crippen molar-refractivity contribution in [1.82, 2.24) is 4.90 Å². The van der Waals surface area contributed by atoms with Gasteiger partial charge < -0.3 is 15.1 Å². The van der Waals surface area contributed by atoms with E-state index >= 15 is 0 Å². The molecule has 1 fully saturated rings. The molecule has 1 aromatic carbocycles. The van der Waals surface area contributed by atoms with Gasteiger partial charge in [0.1, 0.15) is 0 Å². The van der Waals surface area contributed by atoms with Crippen LogP contribution in [0.4, 0.5) is 0 Å². The molecule has 3 nitrogen and oxygen atoms in total. The minimum atomic E-state index is -0.382. The first-order valence-corrected chi connectivity index (χ1v) is 7.80. The Labute approximate surface area is 122 Å². The van der Waals surface area contributed by atoms with E-state index in [1.54, 1.807) is 0 Å². The Balaban J connectivity index is 1.82. The third-order valence-electron chi connectivity index (χ3n) is 4.35. The van der Waals surface area contributed by atoms with Crippen LogP contribution in [0.15, 0.2) is 24.3 Å². The third kappa shape index (κ3) is 4.30. The van der Waals surface area contributed by atoms with Crippen molar-refractivity contribution in [3.63, 3.8) is 0 Å². The van der Waals surface area contributed by atoms with Crippen molar-refractivity contribution in [2.75, 3.05) is 19.7 Å². The summed E-state index contributed by atoms with van der Waals surface area (Å²) in [6.45, 7) is 4.18. The van der Waals surface area contributed by atoms with Gasteiger partial charge in [-0.3, -0.25) is 0 Å². The van der Waals surface area contributed by atoms with E-state index in [0.29, 0.717) is 6.04 Å². The third-order valence-corrected chi connectivity index (χ3v) is 4.35. The fraction of sp³-hybridized carbons (Fsp3) is 0.647. The Morgan fingerprint density at radius 3 is 2.45 bits per heavy atom. The van der Waals surface area contributed by atoms with Crippen LogP contribution in [0, 0.1) is 6.92 Å². The van der Waals surface area contributed by atoms with Crippen LogP contribution in [0.1, 0.15) is 49.3 Å². The zero-order chi connectivity index (χ0) is 14.4. The van der Waals surface area contributed by atoms with Gasteiger partial charge in [-0.15, -0.1) is 0 Å². The summed E-state index contributed by atoms with van der Waals surface area (Å²) in [5.41, 5.74) is 2.23. The Bertz CT molecular complexity index is 386. The standard InChI is InChI=1S/C17H27NO2/c1-14-6-8-15(9-7-14)17(20)10-12-18(11-3-13-19)16-4-2-5-16/h6-9,16-17,19-20H,2-5,10-13H2,1H3. The van der Waals surface area contributed by atoms with Crippen molar-refractivity contribution in [2.45, 2.75) is 51.2 Å². The van der Waals surface area contributed by atoms with E-state index in [1.165, 1.54) is 24.8 Å². The van der Waals surface area contributed by atoms with Crippen LogP contribution in [0.3, 0.4) is 0 Å². The second kappa shape index (κ2) is 7.77. The summed E-state index contributed by atoms with van der Waals surface area (Å²) >= 11 is 0. The topological polar surface area (TPSA) is 43.7 Å². The molecule has 0 amide bonds. The fourth-order valence-corrected chi connectivity index (χ4v) is 2.75. The average Bonchev–Trinajstić information content (AvgIpc) is 2.40. The zero-order valence-corrected chi connectivity index (χ0v) is 12.5. The lowest BCUT2D eigenvalue weighted by atomic mass is 9.91. The van der Waals surface area contributed by atoms with E-state index in [0.717, 1.165) is 31.5 Å². The van der Waals surface area contributed by atoms with E-state index in [1.807, 2.05) is 24.3 Å². The van der Waals surface area contributed by atoms with Gasteiger partial charge in [0, 0.05) is 25.7 Å².